The lowest BCUT2D eigenvalue weighted by Gasteiger charge is -2.36. The van der Waals surface area contributed by atoms with Gasteiger partial charge in [-0.05, 0) is 6.92 Å². The van der Waals surface area contributed by atoms with Crippen molar-refractivity contribution in [2.45, 2.75) is 19.0 Å². The Balaban J connectivity index is 2.29. The Morgan fingerprint density at radius 1 is 1.54 bits per heavy atom. The van der Waals surface area contributed by atoms with Crippen LogP contribution in [0.15, 0.2) is 0 Å². The van der Waals surface area contributed by atoms with E-state index in [4.69, 9.17) is 9.84 Å². The van der Waals surface area contributed by atoms with Gasteiger partial charge in [-0.2, -0.15) is 0 Å². The smallest absolute Gasteiger partial charge is 0.0597 e. The molecule has 2 atom stereocenters. The molecule has 0 aromatic heterocycles. The molecule has 13 heavy (non-hydrogen) atoms. The van der Waals surface area contributed by atoms with Crippen LogP contribution in [0.2, 0.25) is 0 Å². The molecule has 1 saturated heterocycles. The van der Waals surface area contributed by atoms with Gasteiger partial charge in [-0.1, -0.05) is 0 Å². The van der Waals surface area contributed by atoms with E-state index in [9.17, 15) is 0 Å². The average Bonchev–Trinajstić information content (AvgIpc) is 2.14. The van der Waals surface area contributed by atoms with Gasteiger partial charge >= 0.3 is 0 Å². The Kier molecular flexibility index (Phi) is 4.66. The lowest BCUT2D eigenvalue weighted by Crippen LogP contribution is -2.57. The lowest BCUT2D eigenvalue weighted by molar-refractivity contribution is 0.0925. The molecule has 0 saturated carbocycles. The first-order chi connectivity index (χ1) is 6.26. The molecule has 2 N–H and O–H groups in total. The highest BCUT2D eigenvalue weighted by molar-refractivity contribution is 4.82. The summed E-state index contributed by atoms with van der Waals surface area (Å²) in [4.78, 5) is 2.32. The largest absolute Gasteiger partial charge is 0.395 e. The van der Waals surface area contributed by atoms with Crippen molar-refractivity contribution in [1.82, 2.24) is 10.2 Å². The molecule has 4 nitrogen and oxygen atoms in total. The second-order valence-corrected chi connectivity index (χ2v) is 3.70. The molecule has 4 heteroatoms. The molecule has 0 radical (unpaired) electrons. The molecule has 0 aliphatic carbocycles. The van der Waals surface area contributed by atoms with Crippen LogP contribution in [0.1, 0.15) is 6.92 Å². The maximum atomic E-state index is 9.03. The molecular weight excluding hydrogens is 168 g/mol. The Labute approximate surface area is 79.9 Å². The van der Waals surface area contributed by atoms with Crippen molar-refractivity contribution >= 4 is 0 Å². The zero-order valence-electron chi connectivity index (χ0n) is 8.49. The van der Waals surface area contributed by atoms with E-state index in [1.165, 1.54) is 0 Å². The zero-order chi connectivity index (χ0) is 9.68. The SMILES string of the molecule is COCCN1CC(C)NC(CO)C1. The van der Waals surface area contributed by atoms with E-state index >= 15 is 0 Å². The van der Waals surface area contributed by atoms with Gasteiger partial charge in [0.05, 0.1) is 13.2 Å². The number of nitrogens with one attached hydrogen (secondary N) is 1. The van der Waals surface area contributed by atoms with Crippen LogP contribution in [0, 0.1) is 0 Å². The Hall–Kier alpha value is -0.160. The minimum Gasteiger partial charge on any atom is -0.395 e. The number of aliphatic hydroxyl groups excluding tert-OH is 1. The third-order valence-corrected chi connectivity index (χ3v) is 2.36. The van der Waals surface area contributed by atoms with Gasteiger partial charge in [-0.3, -0.25) is 4.90 Å². The Morgan fingerprint density at radius 3 is 2.92 bits per heavy atom. The molecule has 0 bridgehead atoms. The van der Waals surface area contributed by atoms with E-state index in [2.05, 4.69) is 17.1 Å². The summed E-state index contributed by atoms with van der Waals surface area (Å²) in [6.07, 6.45) is 0. The average molecular weight is 188 g/mol. The van der Waals surface area contributed by atoms with Crippen LogP contribution in [-0.2, 0) is 4.74 Å². The van der Waals surface area contributed by atoms with Crippen molar-refractivity contribution in [3.05, 3.63) is 0 Å². The molecule has 0 aromatic carbocycles. The van der Waals surface area contributed by atoms with Crippen LogP contribution in [0.5, 0.6) is 0 Å². The quantitative estimate of drug-likeness (QED) is 0.611. The third kappa shape index (κ3) is 3.60. The highest BCUT2D eigenvalue weighted by atomic mass is 16.5. The second kappa shape index (κ2) is 5.54. The first-order valence-electron chi connectivity index (χ1n) is 4.84. The predicted octanol–water partition coefficient (Wildman–Crippen LogP) is -0.713. The summed E-state index contributed by atoms with van der Waals surface area (Å²) in [5.41, 5.74) is 0. The molecule has 0 spiro atoms. The van der Waals surface area contributed by atoms with E-state index in [0.717, 1.165) is 26.2 Å². The summed E-state index contributed by atoms with van der Waals surface area (Å²) >= 11 is 0. The molecule has 1 heterocycles. The maximum Gasteiger partial charge on any atom is 0.0597 e. The van der Waals surface area contributed by atoms with Crippen molar-refractivity contribution in [3.8, 4) is 0 Å². The lowest BCUT2D eigenvalue weighted by atomic mass is 10.1. The fourth-order valence-corrected chi connectivity index (χ4v) is 1.79. The fourth-order valence-electron chi connectivity index (χ4n) is 1.79. The normalized spacial score (nSPS) is 30.7. The van der Waals surface area contributed by atoms with Gasteiger partial charge in [-0.15, -0.1) is 0 Å². The summed E-state index contributed by atoms with van der Waals surface area (Å²) in [6.45, 7) is 6.05. The number of piperazine rings is 1. The van der Waals surface area contributed by atoms with Gasteiger partial charge in [0.15, 0.2) is 0 Å². The maximum absolute atomic E-state index is 9.03. The van der Waals surface area contributed by atoms with Crippen LogP contribution in [0.3, 0.4) is 0 Å². The number of hydrogen-bond acceptors (Lipinski definition) is 4. The Morgan fingerprint density at radius 2 is 2.31 bits per heavy atom. The van der Waals surface area contributed by atoms with Crippen LogP contribution in [0.4, 0.5) is 0 Å². The summed E-state index contributed by atoms with van der Waals surface area (Å²) < 4.78 is 5.02. The van der Waals surface area contributed by atoms with E-state index < -0.39 is 0 Å². The number of aliphatic hydroxyl groups is 1. The summed E-state index contributed by atoms with van der Waals surface area (Å²) in [5, 5.41) is 12.4. The van der Waals surface area contributed by atoms with Crippen molar-refractivity contribution in [2.75, 3.05) is 40.0 Å². The van der Waals surface area contributed by atoms with E-state index in [1.54, 1.807) is 7.11 Å². The van der Waals surface area contributed by atoms with Gasteiger partial charge in [0.1, 0.15) is 0 Å². The van der Waals surface area contributed by atoms with Crippen LogP contribution < -0.4 is 5.32 Å². The van der Waals surface area contributed by atoms with Crippen molar-refractivity contribution in [3.63, 3.8) is 0 Å². The molecule has 1 rings (SSSR count). The van der Waals surface area contributed by atoms with Gasteiger partial charge in [-0.25, -0.2) is 0 Å². The molecular formula is C9H20N2O2. The monoisotopic (exact) mass is 188 g/mol. The topological polar surface area (TPSA) is 44.7 Å². The predicted molar refractivity (Wildman–Crippen MR) is 51.8 cm³/mol. The number of ether oxygens (including phenoxy) is 1. The van der Waals surface area contributed by atoms with Crippen LogP contribution >= 0.6 is 0 Å². The number of rotatable bonds is 4. The number of nitrogens with zero attached hydrogens (tertiary/aromatic N) is 1. The van der Waals surface area contributed by atoms with E-state index in [1.807, 2.05) is 0 Å². The van der Waals surface area contributed by atoms with Crippen molar-refractivity contribution < 1.29 is 9.84 Å². The highest BCUT2D eigenvalue weighted by Crippen LogP contribution is 2.03. The molecule has 2 unspecified atom stereocenters. The van der Waals surface area contributed by atoms with E-state index in [0.29, 0.717) is 6.04 Å². The Bertz CT molecular complexity index is 144. The van der Waals surface area contributed by atoms with Gasteiger partial charge < -0.3 is 15.2 Å². The number of methoxy groups -OCH3 is 1. The zero-order valence-corrected chi connectivity index (χ0v) is 8.49. The van der Waals surface area contributed by atoms with E-state index in [-0.39, 0.29) is 12.6 Å². The summed E-state index contributed by atoms with van der Waals surface area (Å²) in [5.74, 6) is 0. The molecule has 0 aromatic rings. The molecule has 1 aliphatic heterocycles. The van der Waals surface area contributed by atoms with Crippen molar-refractivity contribution in [2.24, 2.45) is 0 Å². The minimum atomic E-state index is 0.216. The molecule has 1 aliphatic rings. The first-order valence-corrected chi connectivity index (χ1v) is 4.84. The minimum absolute atomic E-state index is 0.216. The highest BCUT2D eigenvalue weighted by Gasteiger charge is 2.22. The van der Waals surface area contributed by atoms with Gasteiger partial charge in [0, 0.05) is 38.8 Å². The van der Waals surface area contributed by atoms with Crippen LogP contribution in [-0.4, -0.2) is 62.0 Å². The van der Waals surface area contributed by atoms with Gasteiger partial charge in [0.25, 0.3) is 0 Å². The summed E-state index contributed by atoms with van der Waals surface area (Å²) in [6, 6.07) is 0.684. The molecule has 0 amide bonds. The van der Waals surface area contributed by atoms with Crippen LogP contribution in [0.25, 0.3) is 0 Å². The fraction of sp³-hybridized carbons (Fsp3) is 1.00. The first kappa shape index (κ1) is 10.9. The third-order valence-electron chi connectivity index (χ3n) is 2.36. The molecule has 1 fully saturated rings. The molecule has 78 valence electrons. The standard InChI is InChI=1S/C9H20N2O2/c1-8-5-11(3-4-13-2)6-9(7-12)10-8/h8-10,12H,3-7H2,1-2H3. The summed E-state index contributed by atoms with van der Waals surface area (Å²) in [7, 11) is 1.72. The van der Waals surface area contributed by atoms with Gasteiger partial charge in [0.2, 0.25) is 0 Å². The number of hydrogen-bond donors (Lipinski definition) is 2. The second-order valence-electron chi connectivity index (χ2n) is 3.70. The van der Waals surface area contributed by atoms with Crippen molar-refractivity contribution in [1.29, 1.82) is 0 Å².